The van der Waals surface area contributed by atoms with E-state index in [4.69, 9.17) is 10.5 Å². The van der Waals surface area contributed by atoms with Gasteiger partial charge in [-0.1, -0.05) is 54.6 Å². The van der Waals surface area contributed by atoms with Crippen LogP contribution in [0.2, 0.25) is 0 Å². The smallest absolute Gasteiger partial charge is 0.289 e. The van der Waals surface area contributed by atoms with Crippen LogP contribution in [0.3, 0.4) is 0 Å². The molecule has 5 rings (SSSR count). The van der Waals surface area contributed by atoms with Gasteiger partial charge >= 0.3 is 0 Å². The van der Waals surface area contributed by atoms with Gasteiger partial charge in [-0.2, -0.15) is 5.21 Å². The molecule has 9 nitrogen and oxygen atoms in total. The lowest BCUT2D eigenvalue weighted by molar-refractivity contribution is -0.114. The number of tetrazole rings is 1. The summed E-state index contributed by atoms with van der Waals surface area (Å²) in [5, 5.41) is 16.0. The van der Waals surface area contributed by atoms with E-state index in [0.717, 1.165) is 27.6 Å². The molecule has 0 unspecified atom stereocenters. The van der Waals surface area contributed by atoms with Crippen LogP contribution in [-0.4, -0.2) is 36.7 Å². The van der Waals surface area contributed by atoms with Gasteiger partial charge in [0, 0.05) is 18.3 Å². The van der Waals surface area contributed by atoms with Gasteiger partial charge in [0.15, 0.2) is 6.61 Å². The first-order valence-electron chi connectivity index (χ1n) is 10.9. The molecular weight excluding hydrogens is 432 g/mol. The topological polar surface area (TPSA) is 128 Å². The Bertz CT molecular complexity index is 1520. The molecule has 0 fully saturated rings. The summed E-state index contributed by atoms with van der Waals surface area (Å²) < 4.78 is 7.88. The van der Waals surface area contributed by atoms with Gasteiger partial charge in [0.2, 0.25) is 5.82 Å². The molecular formula is C25H22N6O3. The Kier molecular flexibility index (Phi) is 5.51. The number of rotatable bonds is 8. The normalized spacial score (nSPS) is 11.2. The number of amides is 1. The molecule has 3 N–H and O–H groups in total. The molecule has 3 aromatic heterocycles. The molecule has 3 heterocycles. The van der Waals surface area contributed by atoms with Crippen LogP contribution in [0.25, 0.3) is 16.3 Å². The molecule has 0 aliphatic carbocycles. The number of hydrogen-bond acceptors (Lipinski definition) is 6. The Hall–Kier alpha value is -4.53. The average Bonchev–Trinajstić information content (AvgIpc) is 3.49. The number of ketones is 1. The number of ether oxygens (including phenoxy) is 1. The molecule has 34 heavy (non-hydrogen) atoms. The molecule has 0 bridgehead atoms. The van der Waals surface area contributed by atoms with Crippen LogP contribution in [0.1, 0.15) is 39.9 Å². The third-order valence-electron chi connectivity index (χ3n) is 5.92. The second kappa shape index (κ2) is 8.78. The summed E-state index contributed by atoms with van der Waals surface area (Å²) in [4.78, 5) is 25.0. The van der Waals surface area contributed by atoms with E-state index in [2.05, 4.69) is 44.9 Å². The van der Waals surface area contributed by atoms with Crippen molar-refractivity contribution in [1.82, 2.24) is 25.0 Å². The minimum atomic E-state index is -1.01. The van der Waals surface area contributed by atoms with Crippen molar-refractivity contribution in [3.63, 3.8) is 0 Å². The van der Waals surface area contributed by atoms with Crippen LogP contribution >= 0.6 is 0 Å². The lowest BCUT2D eigenvalue weighted by Gasteiger charge is -2.10. The highest BCUT2D eigenvalue weighted by Gasteiger charge is 2.28. The van der Waals surface area contributed by atoms with E-state index in [1.54, 1.807) is 6.07 Å². The highest BCUT2D eigenvalue weighted by atomic mass is 16.5. The highest BCUT2D eigenvalue weighted by Crippen LogP contribution is 2.34. The predicted octanol–water partition coefficient (Wildman–Crippen LogP) is 3.01. The fraction of sp³-hybridized carbons (Fsp3) is 0.160. The third kappa shape index (κ3) is 3.66. The third-order valence-corrected chi connectivity index (χ3v) is 5.92. The molecule has 0 aliphatic rings. The van der Waals surface area contributed by atoms with Crippen LogP contribution in [-0.2, 0) is 24.2 Å². The van der Waals surface area contributed by atoms with Crippen molar-refractivity contribution in [2.75, 3.05) is 0 Å². The molecule has 0 radical (unpaired) electrons. The van der Waals surface area contributed by atoms with Gasteiger partial charge in [-0.05, 0) is 40.5 Å². The van der Waals surface area contributed by atoms with Gasteiger partial charge in [-0.3, -0.25) is 9.59 Å². The molecule has 1 amide bonds. The molecule has 0 saturated heterocycles. The molecule has 0 aliphatic heterocycles. The maximum Gasteiger partial charge on any atom is 0.289 e. The zero-order chi connectivity index (χ0) is 23.7. The van der Waals surface area contributed by atoms with E-state index in [1.807, 2.05) is 41.8 Å². The summed E-state index contributed by atoms with van der Waals surface area (Å²) in [7, 11) is 0. The number of nitrogens with two attached hydrogens (primary N) is 1. The number of carbonyl (C=O) groups excluding carboxylic acids is 2. The van der Waals surface area contributed by atoms with E-state index in [1.165, 1.54) is 0 Å². The number of aromatic amines is 1. The number of primary amides is 1. The number of aromatic nitrogens is 5. The number of pyridine rings is 1. The number of Topliss-reactive ketones (excluding diaryl/α,β-unsaturated/α-hetero) is 1. The number of benzene rings is 2. The number of nitrogens with zero attached hydrogens (tertiary/aromatic N) is 4. The Morgan fingerprint density at radius 2 is 1.91 bits per heavy atom. The van der Waals surface area contributed by atoms with Crippen molar-refractivity contribution >= 4 is 28.0 Å². The summed E-state index contributed by atoms with van der Waals surface area (Å²) >= 11 is 0. The van der Waals surface area contributed by atoms with E-state index in [-0.39, 0.29) is 12.2 Å². The summed E-state index contributed by atoms with van der Waals surface area (Å²) in [6, 6.07) is 17.9. The first kappa shape index (κ1) is 21.3. The fourth-order valence-corrected chi connectivity index (χ4v) is 4.46. The average molecular weight is 454 g/mol. The molecule has 0 saturated carbocycles. The van der Waals surface area contributed by atoms with Crippen molar-refractivity contribution in [1.29, 1.82) is 0 Å². The minimum absolute atomic E-state index is 0.0473. The molecule has 0 atom stereocenters. The van der Waals surface area contributed by atoms with Crippen molar-refractivity contribution in [2.45, 2.75) is 26.4 Å². The fourth-order valence-electron chi connectivity index (χ4n) is 4.46. The van der Waals surface area contributed by atoms with E-state index in [0.29, 0.717) is 29.9 Å². The van der Waals surface area contributed by atoms with Gasteiger partial charge in [-0.25, -0.2) is 0 Å². The van der Waals surface area contributed by atoms with Gasteiger partial charge in [0.25, 0.3) is 11.7 Å². The first-order chi connectivity index (χ1) is 16.6. The Labute approximate surface area is 194 Å². The number of fused-ring (bicyclic) bond motifs is 2. The molecule has 170 valence electrons. The van der Waals surface area contributed by atoms with Gasteiger partial charge in [0.1, 0.15) is 5.75 Å². The highest BCUT2D eigenvalue weighted by molar-refractivity contribution is 6.44. The zero-order valence-electron chi connectivity index (χ0n) is 18.5. The zero-order valence-corrected chi connectivity index (χ0v) is 18.5. The molecule has 0 spiro atoms. The van der Waals surface area contributed by atoms with E-state index >= 15 is 0 Å². The summed E-state index contributed by atoms with van der Waals surface area (Å²) in [5.74, 6) is -0.959. The predicted molar refractivity (Wildman–Crippen MR) is 126 cm³/mol. The lowest BCUT2D eigenvalue weighted by atomic mass is 9.96. The lowest BCUT2D eigenvalue weighted by Crippen LogP contribution is -2.24. The molecule has 9 heteroatoms. The van der Waals surface area contributed by atoms with Crippen LogP contribution < -0.4 is 10.5 Å². The van der Waals surface area contributed by atoms with Gasteiger partial charge in [-0.15, -0.1) is 10.2 Å². The Morgan fingerprint density at radius 3 is 2.68 bits per heavy atom. The minimum Gasteiger partial charge on any atom is -0.483 e. The summed E-state index contributed by atoms with van der Waals surface area (Å²) in [6.45, 7) is 2.00. The number of carbonyl (C=O) groups is 2. The molecule has 2 aromatic carbocycles. The van der Waals surface area contributed by atoms with Crippen LogP contribution in [0.15, 0.2) is 60.8 Å². The maximum atomic E-state index is 13.0. The largest absolute Gasteiger partial charge is 0.483 e. The Balaban J connectivity index is 1.70. The van der Waals surface area contributed by atoms with Crippen molar-refractivity contribution in [3.8, 4) is 5.75 Å². The van der Waals surface area contributed by atoms with Crippen LogP contribution in [0.4, 0.5) is 0 Å². The standard InChI is InChI=1S/C25H22N6O3/c1-2-17-19(13-16-9-5-8-15-7-3-4-10-18(15)16)31-12-6-11-20(34-14-21-27-29-30-28-21)23(31)22(17)24(32)25(26)33/h3-12H,2,13-14H2,1H3,(H2,26,33)(H,27,28,29,30). The van der Waals surface area contributed by atoms with E-state index in [9.17, 15) is 9.59 Å². The SMILES string of the molecule is CCc1c(C(=O)C(N)=O)c2c(OCc3nn[nH]n3)cccn2c1Cc1cccc2ccccc12. The number of nitrogens with one attached hydrogen (secondary N) is 1. The number of hydrogen-bond donors (Lipinski definition) is 2. The van der Waals surface area contributed by atoms with Crippen molar-refractivity contribution < 1.29 is 14.3 Å². The monoisotopic (exact) mass is 454 g/mol. The van der Waals surface area contributed by atoms with E-state index < -0.39 is 11.7 Å². The van der Waals surface area contributed by atoms with Gasteiger partial charge < -0.3 is 14.9 Å². The van der Waals surface area contributed by atoms with Crippen molar-refractivity contribution in [2.24, 2.45) is 5.73 Å². The van der Waals surface area contributed by atoms with Crippen LogP contribution in [0.5, 0.6) is 5.75 Å². The Morgan fingerprint density at radius 1 is 1.09 bits per heavy atom. The van der Waals surface area contributed by atoms with Crippen molar-refractivity contribution in [3.05, 3.63) is 89.0 Å². The summed E-state index contributed by atoms with van der Waals surface area (Å²) in [6.07, 6.45) is 2.97. The first-order valence-corrected chi connectivity index (χ1v) is 10.9. The van der Waals surface area contributed by atoms with Crippen LogP contribution in [0, 0.1) is 0 Å². The second-order valence-corrected chi connectivity index (χ2v) is 7.87. The number of H-pyrrole nitrogens is 1. The quantitative estimate of drug-likeness (QED) is 0.274. The molecule has 5 aromatic rings. The summed E-state index contributed by atoms with van der Waals surface area (Å²) in [5.41, 5.74) is 9.01. The van der Waals surface area contributed by atoms with Gasteiger partial charge in [0.05, 0.1) is 11.1 Å². The second-order valence-electron chi connectivity index (χ2n) is 7.87. The maximum absolute atomic E-state index is 13.0.